The van der Waals surface area contributed by atoms with Crippen LogP contribution in [0.25, 0.3) is 0 Å². The molecule has 4 nitrogen and oxygen atoms in total. The summed E-state index contributed by atoms with van der Waals surface area (Å²) < 4.78 is 7.76. The lowest BCUT2D eigenvalue weighted by Crippen LogP contribution is -2.33. The maximum atomic E-state index is 5.62. The van der Waals surface area contributed by atoms with Gasteiger partial charge in [-0.05, 0) is 39.3 Å². The van der Waals surface area contributed by atoms with Crippen LogP contribution in [0.1, 0.15) is 44.1 Å². The van der Waals surface area contributed by atoms with Gasteiger partial charge in [0.25, 0.3) is 0 Å². The zero-order valence-corrected chi connectivity index (χ0v) is 11.8. The Morgan fingerprint density at radius 1 is 1.56 bits per heavy atom. The minimum absolute atomic E-state index is 0.359. The van der Waals surface area contributed by atoms with Crippen LogP contribution < -0.4 is 5.32 Å². The second-order valence-corrected chi connectivity index (χ2v) is 4.97. The van der Waals surface area contributed by atoms with Crippen molar-refractivity contribution in [1.82, 2.24) is 15.1 Å². The van der Waals surface area contributed by atoms with Crippen molar-refractivity contribution in [3.8, 4) is 0 Å². The highest BCUT2D eigenvalue weighted by Gasteiger charge is 2.27. The molecule has 18 heavy (non-hydrogen) atoms. The molecule has 0 aromatic carbocycles. The quantitative estimate of drug-likeness (QED) is 0.871. The van der Waals surface area contributed by atoms with E-state index >= 15 is 0 Å². The lowest BCUT2D eigenvalue weighted by atomic mass is 9.91. The summed E-state index contributed by atoms with van der Waals surface area (Å²) >= 11 is 0. The highest BCUT2D eigenvalue weighted by molar-refractivity contribution is 5.15. The van der Waals surface area contributed by atoms with Crippen LogP contribution >= 0.6 is 0 Å². The Bertz CT molecular complexity index is 369. The molecule has 4 heteroatoms. The third-order valence-corrected chi connectivity index (χ3v) is 3.82. The van der Waals surface area contributed by atoms with Crippen molar-refractivity contribution in [2.75, 3.05) is 20.3 Å². The molecule has 1 aromatic heterocycles. The van der Waals surface area contributed by atoms with Crippen LogP contribution in [-0.2, 0) is 17.7 Å². The number of aromatic nitrogens is 2. The second kappa shape index (κ2) is 6.34. The summed E-state index contributed by atoms with van der Waals surface area (Å²) in [4.78, 5) is 0. The largest absolute Gasteiger partial charge is 0.381 e. The van der Waals surface area contributed by atoms with E-state index < -0.39 is 0 Å². The smallest absolute Gasteiger partial charge is 0.0625 e. The summed E-state index contributed by atoms with van der Waals surface area (Å²) in [6.07, 6.45) is 3.41. The standard InChI is InChI=1S/C14H25N3O/c1-4-12-9-13(17(5-2)16-12)14(15-3)11-7-6-8-18-10-11/h9,11,14-15H,4-8,10H2,1-3H3. The van der Waals surface area contributed by atoms with Gasteiger partial charge in [-0.1, -0.05) is 6.92 Å². The van der Waals surface area contributed by atoms with Gasteiger partial charge in [0, 0.05) is 19.1 Å². The molecule has 1 saturated heterocycles. The van der Waals surface area contributed by atoms with Crippen molar-refractivity contribution in [3.05, 3.63) is 17.5 Å². The Hall–Kier alpha value is -0.870. The third-order valence-electron chi connectivity index (χ3n) is 3.82. The zero-order valence-electron chi connectivity index (χ0n) is 11.8. The van der Waals surface area contributed by atoms with Gasteiger partial charge in [0.05, 0.1) is 24.0 Å². The molecule has 2 rings (SSSR count). The first-order valence-corrected chi connectivity index (χ1v) is 7.11. The molecule has 0 amide bonds. The average molecular weight is 251 g/mol. The molecule has 2 heterocycles. The first-order chi connectivity index (χ1) is 8.80. The summed E-state index contributed by atoms with van der Waals surface area (Å²) in [5, 5.41) is 8.11. The first kappa shape index (κ1) is 13.6. The summed E-state index contributed by atoms with van der Waals surface area (Å²) in [6, 6.07) is 2.61. The maximum absolute atomic E-state index is 5.62. The molecular weight excluding hydrogens is 226 g/mol. The molecule has 0 bridgehead atoms. The number of ether oxygens (including phenoxy) is 1. The fourth-order valence-electron chi connectivity index (χ4n) is 2.82. The van der Waals surface area contributed by atoms with Crippen molar-refractivity contribution in [2.24, 2.45) is 5.92 Å². The lowest BCUT2D eigenvalue weighted by molar-refractivity contribution is 0.0389. The molecule has 1 N–H and O–H groups in total. The van der Waals surface area contributed by atoms with Gasteiger partial charge in [-0.3, -0.25) is 4.68 Å². The van der Waals surface area contributed by atoms with Gasteiger partial charge in [-0.25, -0.2) is 0 Å². The van der Waals surface area contributed by atoms with E-state index in [9.17, 15) is 0 Å². The number of aryl methyl sites for hydroxylation is 2. The van der Waals surface area contributed by atoms with Crippen molar-refractivity contribution >= 4 is 0 Å². The zero-order chi connectivity index (χ0) is 13.0. The van der Waals surface area contributed by atoms with E-state index in [1.165, 1.54) is 24.2 Å². The fraction of sp³-hybridized carbons (Fsp3) is 0.786. The van der Waals surface area contributed by atoms with Crippen LogP contribution in [-0.4, -0.2) is 30.0 Å². The average Bonchev–Trinajstić information content (AvgIpc) is 2.84. The topological polar surface area (TPSA) is 39.1 Å². The summed E-state index contributed by atoms with van der Waals surface area (Å²) in [5.41, 5.74) is 2.50. The third kappa shape index (κ3) is 2.75. The van der Waals surface area contributed by atoms with E-state index in [1.807, 2.05) is 7.05 Å². The van der Waals surface area contributed by atoms with Crippen LogP contribution in [0.2, 0.25) is 0 Å². The Morgan fingerprint density at radius 2 is 2.39 bits per heavy atom. The Balaban J connectivity index is 2.22. The molecule has 102 valence electrons. The van der Waals surface area contributed by atoms with Crippen LogP contribution in [0, 0.1) is 5.92 Å². The van der Waals surface area contributed by atoms with Crippen molar-refractivity contribution in [2.45, 2.75) is 45.7 Å². The molecule has 1 aliphatic rings. The van der Waals surface area contributed by atoms with Gasteiger partial charge in [0.1, 0.15) is 0 Å². The molecule has 2 unspecified atom stereocenters. The Labute approximate surface area is 110 Å². The molecule has 2 atom stereocenters. The SMILES string of the molecule is CCc1cc(C(NC)C2CCCOC2)n(CC)n1. The highest BCUT2D eigenvalue weighted by Crippen LogP contribution is 2.29. The molecule has 0 radical (unpaired) electrons. The number of hydrogen-bond donors (Lipinski definition) is 1. The monoisotopic (exact) mass is 251 g/mol. The maximum Gasteiger partial charge on any atom is 0.0625 e. The normalized spacial score (nSPS) is 22.1. The minimum atomic E-state index is 0.359. The van der Waals surface area contributed by atoms with E-state index in [2.05, 4.69) is 35.0 Å². The predicted molar refractivity (Wildman–Crippen MR) is 72.6 cm³/mol. The fourth-order valence-corrected chi connectivity index (χ4v) is 2.82. The minimum Gasteiger partial charge on any atom is -0.381 e. The van der Waals surface area contributed by atoms with Crippen LogP contribution in [0.15, 0.2) is 6.07 Å². The van der Waals surface area contributed by atoms with E-state index in [-0.39, 0.29) is 0 Å². The van der Waals surface area contributed by atoms with Crippen LogP contribution in [0.4, 0.5) is 0 Å². The van der Waals surface area contributed by atoms with E-state index in [4.69, 9.17) is 4.74 Å². The molecule has 0 spiro atoms. The van der Waals surface area contributed by atoms with Crippen LogP contribution in [0.5, 0.6) is 0 Å². The van der Waals surface area contributed by atoms with Crippen LogP contribution in [0.3, 0.4) is 0 Å². The van der Waals surface area contributed by atoms with Gasteiger partial charge in [0.2, 0.25) is 0 Å². The van der Waals surface area contributed by atoms with Crippen molar-refractivity contribution in [3.63, 3.8) is 0 Å². The van der Waals surface area contributed by atoms with E-state index in [1.54, 1.807) is 0 Å². The predicted octanol–water partition coefficient (Wildman–Crippen LogP) is 2.15. The molecular formula is C14H25N3O. The number of nitrogens with zero attached hydrogens (tertiary/aromatic N) is 2. The van der Waals surface area contributed by atoms with Gasteiger partial charge in [0.15, 0.2) is 0 Å². The number of hydrogen-bond acceptors (Lipinski definition) is 3. The van der Waals surface area contributed by atoms with Gasteiger partial charge < -0.3 is 10.1 Å². The van der Waals surface area contributed by atoms with Crippen molar-refractivity contribution < 1.29 is 4.74 Å². The Kier molecular flexibility index (Phi) is 4.78. The number of rotatable bonds is 5. The molecule has 0 aliphatic carbocycles. The van der Waals surface area contributed by atoms with E-state index in [0.717, 1.165) is 26.2 Å². The molecule has 1 aliphatic heterocycles. The summed E-state index contributed by atoms with van der Waals surface area (Å²) in [6.45, 7) is 7.02. The molecule has 1 aromatic rings. The second-order valence-electron chi connectivity index (χ2n) is 4.97. The van der Waals surface area contributed by atoms with Gasteiger partial charge >= 0.3 is 0 Å². The van der Waals surface area contributed by atoms with E-state index in [0.29, 0.717) is 12.0 Å². The molecule has 0 saturated carbocycles. The first-order valence-electron chi connectivity index (χ1n) is 7.11. The lowest BCUT2D eigenvalue weighted by Gasteiger charge is -2.30. The molecule has 1 fully saturated rings. The summed E-state index contributed by atoms with van der Waals surface area (Å²) in [7, 11) is 2.04. The van der Waals surface area contributed by atoms with Gasteiger partial charge in [-0.2, -0.15) is 5.10 Å². The summed E-state index contributed by atoms with van der Waals surface area (Å²) in [5.74, 6) is 0.565. The van der Waals surface area contributed by atoms with Gasteiger partial charge in [-0.15, -0.1) is 0 Å². The number of nitrogens with one attached hydrogen (secondary N) is 1. The Morgan fingerprint density at radius 3 is 2.94 bits per heavy atom. The van der Waals surface area contributed by atoms with Crippen molar-refractivity contribution in [1.29, 1.82) is 0 Å². The highest BCUT2D eigenvalue weighted by atomic mass is 16.5.